The van der Waals surface area contributed by atoms with E-state index in [0.29, 0.717) is 6.07 Å². The number of sulfonamides is 1. The van der Waals surface area contributed by atoms with Crippen molar-refractivity contribution in [1.29, 1.82) is 0 Å². The Morgan fingerprint density at radius 1 is 1.05 bits per heavy atom. The zero-order chi connectivity index (χ0) is 14.9. The van der Waals surface area contributed by atoms with Crippen molar-refractivity contribution in [2.45, 2.75) is 4.90 Å². The molecule has 0 radical (unpaired) electrons. The van der Waals surface area contributed by atoms with Crippen LogP contribution in [0.25, 0.3) is 0 Å². The van der Waals surface area contributed by atoms with Crippen LogP contribution < -0.4 is 10.5 Å². The molecule has 0 saturated heterocycles. The molecule has 0 fully saturated rings. The van der Waals surface area contributed by atoms with Gasteiger partial charge in [0, 0.05) is 11.8 Å². The number of anilines is 2. The van der Waals surface area contributed by atoms with Crippen LogP contribution in [-0.2, 0) is 10.0 Å². The Morgan fingerprint density at radius 2 is 1.65 bits per heavy atom. The van der Waals surface area contributed by atoms with E-state index in [1.54, 1.807) is 0 Å². The highest BCUT2D eigenvalue weighted by Gasteiger charge is 2.19. The van der Waals surface area contributed by atoms with Crippen molar-refractivity contribution in [2.24, 2.45) is 0 Å². The summed E-state index contributed by atoms with van der Waals surface area (Å²) >= 11 is 5.79. The average Bonchev–Trinajstić information content (AvgIpc) is 2.30. The van der Waals surface area contributed by atoms with Gasteiger partial charge in [-0.25, -0.2) is 17.2 Å². The molecule has 20 heavy (non-hydrogen) atoms. The largest absolute Gasteiger partial charge is 0.399 e. The molecule has 4 nitrogen and oxygen atoms in total. The number of halogens is 3. The fourth-order valence-corrected chi connectivity index (χ4v) is 3.13. The minimum absolute atomic E-state index is 0.0522. The molecular weight excluding hydrogens is 310 g/mol. The Bertz CT molecular complexity index is 746. The van der Waals surface area contributed by atoms with E-state index in [9.17, 15) is 17.2 Å². The molecule has 2 rings (SSSR count). The lowest BCUT2D eigenvalue weighted by molar-refractivity contribution is 0.584. The first-order valence-corrected chi connectivity index (χ1v) is 7.18. The van der Waals surface area contributed by atoms with Gasteiger partial charge in [0.1, 0.15) is 16.5 Å². The molecule has 0 bridgehead atoms. The van der Waals surface area contributed by atoms with E-state index in [0.717, 1.165) is 18.2 Å². The molecule has 0 amide bonds. The van der Waals surface area contributed by atoms with Crippen molar-refractivity contribution in [3.05, 3.63) is 53.1 Å². The van der Waals surface area contributed by atoms with Crippen LogP contribution in [0.15, 0.2) is 41.3 Å². The molecule has 2 aromatic rings. The summed E-state index contributed by atoms with van der Waals surface area (Å²) in [6.07, 6.45) is 0. The third-order valence-corrected chi connectivity index (χ3v) is 4.22. The molecule has 0 aliphatic carbocycles. The van der Waals surface area contributed by atoms with Crippen molar-refractivity contribution >= 4 is 33.0 Å². The summed E-state index contributed by atoms with van der Waals surface area (Å²) in [6.45, 7) is 0. The minimum Gasteiger partial charge on any atom is -0.399 e. The Morgan fingerprint density at radius 3 is 2.25 bits per heavy atom. The van der Waals surface area contributed by atoms with E-state index in [4.69, 9.17) is 17.3 Å². The highest BCUT2D eigenvalue weighted by Crippen LogP contribution is 2.26. The number of benzene rings is 2. The van der Waals surface area contributed by atoms with E-state index >= 15 is 0 Å². The van der Waals surface area contributed by atoms with Crippen molar-refractivity contribution in [3.63, 3.8) is 0 Å². The molecule has 0 unspecified atom stereocenters. The molecule has 0 saturated carbocycles. The predicted octanol–water partition coefficient (Wildman–Crippen LogP) is 3.00. The third-order valence-electron chi connectivity index (χ3n) is 2.36. The van der Waals surface area contributed by atoms with Gasteiger partial charge in [0.2, 0.25) is 0 Å². The lowest BCUT2D eigenvalue weighted by Gasteiger charge is -2.10. The second-order valence-electron chi connectivity index (χ2n) is 3.95. The second kappa shape index (κ2) is 5.26. The van der Waals surface area contributed by atoms with Crippen LogP contribution in [0.3, 0.4) is 0 Å². The SMILES string of the molecule is Nc1ccc(Cl)c(S(=O)(=O)Nc2cc(F)cc(F)c2)c1. The van der Waals surface area contributed by atoms with Gasteiger partial charge < -0.3 is 5.73 Å². The number of nitrogens with two attached hydrogens (primary N) is 1. The first-order chi connectivity index (χ1) is 9.28. The van der Waals surface area contributed by atoms with Crippen molar-refractivity contribution in [3.8, 4) is 0 Å². The van der Waals surface area contributed by atoms with Gasteiger partial charge >= 0.3 is 0 Å². The van der Waals surface area contributed by atoms with E-state index in [-0.39, 0.29) is 21.3 Å². The van der Waals surface area contributed by atoms with Crippen LogP contribution in [-0.4, -0.2) is 8.42 Å². The quantitative estimate of drug-likeness (QED) is 0.854. The summed E-state index contributed by atoms with van der Waals surface area (Å²) in [7, 11) is -4.10. The number of rotatable bonds is 3. The molecule has 8 heteroatoms. The van der Waals surface area contributed by atoms with Gasteiger partial charge in [-0.2, -0.15) is 0 Å². The van der Waals surface area contributed by atoms with E-state index in [1.165, 1.54) is 12.1 Å². The Hall–Kier alpha value is -1.86. The molecule has 0 aromatic heterocycles. The van der Waals surface area contributed by atoms with Crippen LogP contribution in [0.4, 0.5) is 20.2 Å². The summed E-state index contributed by atoms with van der Waals surface area (Å²) in [5.41, 5.74) is 5.44. The minimum atomic E-state index is -4.10. The lowest BCUT2D eigenvalue weighted by atomic mass is 10.3. The standard InChI is InChI=1S/C12H9ClF2N2O2S/c13-11-2-1-9(16)6-12(11)20(18,19)17-10-4-7(14)3-8(15)5-10/h1-6,17H,16H2. The van der Waals surface area contributed by atoms with Crippen molar-refractivity contribution in [2.75, 3.05) is 10.5 Å². The molecular formula is C12H9ClF2N2O2S. The molecule has 106 valence electrons. The van der Waals surface area contributed by atoms with Crippen LogP contribution >= 0.6 is 11.6 Å². The molecule has 0 spiro atoms. The van der Waals surface area contributed by atoms with Gasteiger partial charge in [-0.1, -0.05) is 11.6 Å². The van der Waals surface area contributed by atoms with Crippen LogP contribution in [0.2, 0.25) is 5.02 Å². The summed E-state index contributed by atoms with van der Waals surface area (Å²) in [5.74, 6) is -1.80. The molecule has 0 heterocycles. The Labute approximate surface area is 119 Å². The van der Waals surface area contributed by atoms with E-state index < -0.39 is 21.7 Å². The topological polar surface area (TPSA) is 72.2 Å². The smallest absolute Gasteiger partial charge is 0.263 e. The van der Waals surface area contributed by atoms with Crippen LogP contribution in [0.1, 0.15) is 0 Å². The van der Waals surface area contributed by atoms with Crippen molar-refractivity contribution in [1.82, 2.24) is 0 Å². The number of hydrogen-bond acceptors (Lipinski definition) is 3. The van der Waals surface area contributed by atoms with Gasteiger partial charge in [-0.15, -0.1) is 0 Å². The van der Waals surface area contributed by atoms with Gasteiger partial charge in [-0.3, -0.25) is 4.72 Å². The maximum absolute atomic E-state index is 13.0. The zero-order valence-electron chi connectivity index (χ0n) is 9.90. The first-order valence-electron chi connectivity index (χ1n) is 5.32. The van der Waals surface area contributed by atoms with Crippen LogP contribution in [0.5, 0.6) is 0 Å². The highest BCUT2D eigenvalue weighted by atomic mass is 35.5. The summed E-state index contributed by atoms with van der Waals surface area (Å²) < 4.78 is 52.3. The predicted molar refractivity (Wildman–Crippen MR) is 73.0 cm³/mol. The maximum atomic E-state index is 13.0. The molecule has 0 aliphatic heterocycles. The normalized spacial score (nSPS) is 11.3. The lowest BCUT2D eigenvalue weighted by Crippen LogP contribution is -2.14. The zero-order valence-corrected chi connectivity index (χ0v) is 11.5. The summed E-state index contributed by atoms with van der Waals surface area (Å²) in [6, 6.07) is 6.23. The molecule has 3 N–H and O–H groups in total. The number of nitrogen functional groups attached to an aromatic ring is 1. The maximum Gasteiger partial charge on any atom is 0.263 e. The molecule has 0 atom stereocenters. The number of hydrogen-bond donors (Lipinski definition) is 2. The summed E-state index contributed by atoms with van der Waals surface area (Å²) in [4.78, 5) is -0.274. The monoisotopic (exact) mass is 318 g/mol. The fourth-order valence-electron chi connectivity index (χ4n) is 1.55. The van der Waals surface area contributed by atoms with Crippen molar-refractivity contribution < 1.29 is 17.2 Å². The van der Waals surface area contributed by atoms with E-state index in [2.05, 4.69) is 0 Å². The number of nitrogens with one attached hydrogen (secondary N) is 1. The summed E-state index contributed by atoms with van der Waals surface area (Å²) in [5, 5.41) is -0.0522. The molecule has 2 aromatic carbocycles. The van der Waals surface area contributed by atoms with E-state index in [1.807, 2.05) is 4.72 Å². The van der Waals surface area contributed by atoms with Crippen LogP contribution in [0, 0.1) is 11.6 Å². The Kier molecular flexibility index (Phi) is 3.82. The Balaban J connectivity index is 2.43. The second-order valence-corrected chi connectivity index (χ2v) is 6.01. The van der Waals surface area contributed by atoms with Gasteiger partial charge in [-0.05, 0) is 30.3 Å². The fraction of sp³-hybridized carbons (Fsp3) is 0. The average molecular weight is 319 g/mol. The van der Waals surface area contributed by atoms with Gasteiger partial charge in [0.15, 0.2) is 0 Å². The highest BCUT2D eigenvalue weighted by molar-refractivity contribution is 7.92. The van der Waals surface area contributed by atoms with Gasteiger partial charge in [0.25, 0.3) is 10.0 Å². The molecule has 0 aliphatic rings. The first kappa shape index (κ1) is 14.5. The third kappa shape index (κ3) is 3.17. The van der Waals surface area contributed by atoms with Gasteiger partial charge in [0.05, 0.1) is 10.7 Å².